The predicted octanol–water partition coefficient (Wildman–Crippen LogP) is 2.31. The zero-order valence-electron chi connectivity index (χ0n) is 12.4. The summed E-state index contributed by atoms with van der Waals surface area (Å²) in [4.78, 5) is 4.40. The highest BCUT2D eigenvalue weighted by Crippen LogP contribution is 2.45. The molecule has 2 rings (SSSR count). The van der Waals surface area contributed by atoms with Crippen molar-refractivity contribution in [3.63, 3.8) is 0 Å². The first kappa shape index (κ1) is 14.9. The molecule has 0 bridgehead atoms. The first-order valence-corrected chi connectivity index (χ1v) is 7.42. The normalized spacial score (nSPS) is 17.1. The fourth-order valence-electron chi connectivity index (χ4n) is 2.37. The van der Waals surface area contributed by atoms with E-state index in [2.05, 4.69) is 42.4 Å². The number of nitrogens with two attached hydrogens (primary N) is 1. The number of nitrogens with zero attached hydrogens (tertiary/aromatic N) is 1. The van der Waals surface area contributed by atoms with Gasteiger partial charge in [0.2, 0.25) is 0 Å². The molecule has 0 atom stereocenters. The van der Waals surface area contributed by atoms with Crippen LogP contribution in [0.1, 0.15) is 37.8 Å². The Kier molecular flexibility index (Phi) is 4.65. The van der Waals surface area contributed by atoms with Crippen LogP contribution in [-0.2, 0) is 12.8 Å². The summed E-state index contributed by atoms with van der Waals surface area (Å²) in [7, 11) is 0. The summed E-state index contributed by atoms with van der Waals surface area (Å²) in [5.41, 5.74) is 9.61. The zero-order valence-corrected chi connectivity index (χ0v) is 12.4. The topological polar surface area (TPSA) is 70.6 Å². The molecule has 4 heteroatoms. The molecule has 0 aromatic heterocycles. The number of rotatable bonds is 6. The molecule has 20 heavy (non-hydrogen) atoms. The van der Waals surface area contributed by atoms with Crippen molar-refractivity contribution < 1.29 is 5.11 Å². The lowest BCUT2D eigenvalue weighted by Gasteiger charge is -2.15. The maximum Gasteiger partial charge on any atom is 0.193 e. The van der Waals surface area contributed by atoms with E-state index in [1.54, 1.807) is 0 Å². The maximum atomic E-state index is 9.29. The molecule has 0 heterocycles. The third-order valence-electron chi connectivity index (χ3n) is 4.13. The van der Waals surface area contributed by atoms with Crippen LogP contribution in [0.5, 0.6) is 0 Å². The minimum absolute atomic E-state index is 0.00413. The number of aliphatic hydroxyl groups is 1. The fraction of sp³-hybridized carbons (Fsp3) is 0.562. The van der Waals surface area contributed by atoms with Crippen LogP contribution in [0.15, 0.2) is 23.2 Å². The van der Waals surface area contributed by atoms with Crippen LogP contribution in [0.4, 0.5) is 5.69 Å². The molecule has 0 unspecified atom stereocenters. The van der Waals surface area contributed by atoms with Crippen LogP contribution in [0.2, 0.25) is 0 Å². The smallest absolute Gasteiger partial charge is 0.193 e. The number of anilines is 1. The molecular formula is C16H25N3O. The Morgan fingerprint density at radius 2 is 1.90 bits per heavy atom. The molecule has 1 fully saturated rings. The van der Waals surface area contributed by atoms with E-state index in [1.807, 2.05) is 0 Å². The van der Waals surface area contributed by atoms with Gasteiger partial charge in [-0.25, -0.2) is 0 Å². The molecule has 0 radical (unpaired) electrons. The summed E-state index contributed by atoms with van der Waals surface area (Å²) < 4.78 is 0. The summed E-state index contributed by atoms with van der Waals surface area (Å²) >= 11 is 0. The number of para-hydroxylation sites is 1. The Hall–Kier alpha value is -1.55. The van der Waals surface area contributed by atoms with Gasteiger partial charge in [-0.05, 0) is 36.8 Å². The molecule has 0 spiro atoms. The highest BCUT2D eigenvalue weighted by Gasteiger charge is 2.41. The second-order valence-corrected chi connectivity index (χ2v) is 5.64. The molecule has 1 aliphatic rings. The number of hydrogen-bond acceptors (Lipinski definition) is 2. The van der Waals surface area contributed by atoms with Gasteiger partial charge in [-0.3, -0.25) is 4.99 Å². The van der Waals surface area contributed by atoms with E-state index in [4.69, 9.17) is 5.73 Å². The summed E-state index contributed by atoms with van der Waals surface area (Å²) in [5, 5.41) is 12.5. The SMILES string of the molecule is CCc1cccc(CC)c1NC(N)=NCC1(CO)CC1. The second-order valence-electron chi connectivity index (χ2n) is 5.64. The molecule has 4 N–H and O–H groups in total. The van der Waals surface area contributed by atoms with E-state index in [0.29, 0.717) is 12.5 Å². The molecule has 1 aliphatic carbocycles. The van der Waals surface area contributed by atoms with E-state index in [1.165, 1.54) is 11.1 Å². The Morgan fingerprint density at radius 1 is 1.30 bits per heavy atom. The van der Waals surface area contributed by atoms with Gasteiger partial charge < -0.3 is 16.2 Å². The molecular weight excluding hydrogens is 250 g/mol. The second kappa shape index (κ2) is 6.27. The zero-order chi connectivity index (χ0) is 14.6. The van der Waals surface area contributed by atoms with Crippen molar-refractivity contribution >= 4 is 11.6 Å². The third-order valence-corrected chi connectivity index (χ3v) is 4.13. The number of aliphatic imine (C=N–C) groups is 1. The average molecular weight is 275 g/mol. The molecule has 110 valence electrons. The van der Waals surface area contributed by atoms with E-state index in [-0.39, 0.29) is 12.0 Å². The van der Waals surface area contributed by atoms with Crippen molar-refractivity contribution in [1.29, 1.82) is 0 Å². The van der Waals surface area contributed by atoms with Gasteiger partial charge in [0.1, 0.15) is 0 Å². The van der Waals surface area contributed by atoms with Crippen molar-refractivity contribution in [2.24, 2.45) is 16.1 Å². The Morgan fingerprint density at radius 3 is 2.35 bits per heavy atom. The van der Waals surface area contributed by atoms with Gasteiger partial charge in [0.25, 0.3) is 0 Å². The van der Waals surface area contributed by atoms with E-state index >= 15 is 0 Å². The number of aliphatic hydroxyl groups excluding tert-OH is 1. The Labute approximate surface area is 121 Å². The van der Waals surface area contributed by atoms with E-state index < -0.39 is 0 Å². The van der Waals surface area contributed by atoms with Gasteiger partial charge in [-0.1, -0.05) is 32.0 Å². The van der Waals surface area contributed by atoms with Crippen molar-refractivity contribution in [1.82, 2.24) is 0 Å². The van der Waals surface area contributed by atoms with Gasteiger partial charge in [0.05, 0.1) is 13.2 Å². The monoisotopic (exact) mass is 275 g/mol. The van der Waals surface area contributed by atoms with Crippen molar-refractivity contribution in [3.05, 3.63) is 29.3 Å². The minimum atomic E-state index is 0.00413. The van der Waals surface area contributed by atoms with Gasteiger partial charge in [0.15, 0.2) is 5.96 Å². The fourth-order valence-corrected chi connectivity index (χ4v) is 2.37. The number of nitrogens with one attached hydrogen (secondary N) is 1. The lowest BCUT2D eigenvalue weighted by Crippen LogP contribution is -2.26. The molecule has 0 aliphatic heterocycles. The number of benzene rings is 1. The number of aryl methyl sites for hydroxylation is 2. The quantitative estimate of drug-likeness (QED) is 0.551. The summed E-state index contributed by atoms with van der Waals surface area (Å²) in [6, 6.07) is 6.32. The van der Waals surface area contributed by atoms with Crippen LogP contribution in [0, 0.1) is 5.41 Å². The van der Waals surface area contributed by atoms with E-state index in [0.717, 1.165) is 31.4 Å². The summed E-state index contributed by atoms with van der Waals surface area (Å²) in [6.07, 6.45) is 4.02. The van der Waals surface area contributed by atoms with Gasteiger partial charge >= 0.3 is 0 Å². The highest BCUT2D eigenvalue weighted by atomic mass is 16.3. The molecule has 1 aromatic carbocycles. The molecule has 1 aromatic rings. The number of guanidine groups is 1. The van der Waals surface area contributed by atoms with Crippen molar-refractivity contribution in [3.8, 4) is 0 Å². The van der Waals surface area contributed by atoms with Crippen LogP contribution < -0.4 is 11.1 Å². The largest absolute Gasteiger partial charge is 0.396 e. The lowest BCUT2D eigenvalue weighted by molar-refractivity contribution is 0.217. The minimum Gasteiger partial charge on any atom is -0.396 e. The standard InChI is InChI=1S/C16H25N3O/c1-3-12-6-5-7-13(4-2)14(12)19-15(17)18-10-16(11-20)8-9-16/h5-7,20H,3-4,8-11H2,1-2H3,(H3,17,18,19). The third kappa shape index (κ3) is 3.31. The Bertz CT molecular complexity index is 470. The molecule has 0 saturated heterocycles. The van der Waals surface area contributed by atoms with E-state index in [9.17, 15) is 5.11 Å². The van der Waals surface area contributed by atoms with Gasteiger partial charge in [-0.15, -0.1) is 0 Å². The summed E-state index contributed by atoms with van der Waals surface area (Å²) in [5.74, 6) is 0.445. The van der Waals surface area contributed by atoms with Gasteiger partial charge in [0, 0.05) is 11.1 Å². The first-order valence-electron chi connectivity index (χ1n) is 7.42. The van der Waals surface area contributed by atoms with Crippen LogP contribution in [0.3, 0.4) is 0 Å². The Balaban J connectivity index is 2.10. The summed E-state index contributed by atoms with van der Waals surface area (Å²) in [6.45, 7) is 5.09. The number of hydrogen-bond donors (Lipinski definition) is 3. The molecule has 0 amide bonds. The maximum absolute atomic E-state index is 9.29. The lowest BCUT2D eigenvalue weighted by atomic mass is 10.0. The van der Waals surface area contributed by atoms with Crippen molar-refractivity contribution in [2.45, 2.75) is 39.5 Å². The average Bonchev–Trinajstić information content (AvgIpc) is 3.26. The first-order chi connectivity index (χ1) is 9.64. The van der Waals surface area contributed by atoms with Crippen LogP contribution in [0.25, 0.3) is 0 Å². The van der Waals surface area contributed by atoms with Gasteiger partial charge in [-0.2, -0.15) is 0 Å². The predicted molar refractivity (Wildman–Crippen MR) is 84.1 cm³/mol. The van der Waals surface area contributed by atoms with Crippen molar-refractivity contribution in [2.75, 3.05) is 18.5 Å². The molecule has 1 saturated carbocycles. The highest BCUT2D eigenvalue weighted by molar-refractivity contribution is 5.93. The van der Waals surface area contributed by atoms with Crippen LogP contribution >= 0.6 is 0 Å². The molecule has 4 nitrogen and oxygen atoms in total. The van der Waals surface area contributed by atoms with Crippen LogP contribution in [-0.4, -0.2) is 24.2 Å².